The average molecular weight is 863 g/mol. The molecule has 0 aromatic rings. The Morgan fingerprint density at radius 2 is 0.541 bits per heavy atom. The van der Waals surface area contributed by atoms with Crippen LogP contribution in [0, 0.1) is 11.8 Å². The molecule has 0 unspecified atom stereocenters. The van der Waals surface area contributed by atoms with Crippen molar-refractivity contribution in [2.45, 2.75) is 310 Å². The summed E-state index contributed by atoms with van der Waals surface area (Å²) in [5.74, 6) is 0.821. The number of ether oxygens (including phenoxy) is 3. The highest BCUT2D eigenvalue weighted by atomic mass is 16.6. The Balaban J connectivity index is 4.27. The Labute approximate surface area is 380 Å². The maximum Gasteiger partial charge on any atom is 0.306 e. The molecule has 0 aromatic carbocycles. The Morgan fingerprint density at radius 3 is 0.803 bits per heavy atom. The summed E-state index contributed by atoms with van der Waals surface area (Å²) in [5.41, 5.74) is 0. The number of carbonyl (C=O) groups is 3. The molecule has 362 valence electrons. The number of unbranched alkanes of at least 4 members (excludes halogenated alkanes) is 34. The van der Waals surface area contributed by atoms with E-state index in [1.807, 2.05) is 0 Å². The zero-order valence-corrected chi connectivity index (χ0v) is 41.8. The maximum absolute atomic E-state index is 12.8. The summed E-state index contributed by atoms with van der Waals surface area (Å²) in [5, 5.41) is 0. The minimum absolute atomic E-state index is 0.0633. The van der Waals surface area contributed by atoms with E-state index >= 15 is 0 Å². The molecule has 0 radical (unpaired) electrons. The summed E-state index contributed by atoms with van der Waals surface area (Å²) in [6.07, 6.45) is 49.5. The minimum atomic E-state index is -0.762. The molecule has 1 atom stereocenters. The molecule has 61 heavy (non-hydrogen) atoms. The van der Waals surface area contributed by atoms with Crippen LogP contribution in [0.15, 0.2) is 0 Å². The van der Waals surface area contributed by atoms with Crippen LogP contribution in [0.1, 0.15) is 304 Å². The molecule has 0 saturated heterocycles. The van der Waals surface area contributed by atoms with Gasteiger partial charge in [-0.25, -0.2) is 0 Å². The lowest BCUT2D eigenvalue weighted by Crippen LogP contribution is -2.30. The summed E-state index contributed by atoms with van der Waals surface area (Å²) < 4.78 is 16.8. The summed E-state index contributed by atoms with van der Waals surface area (Å²) >= 11 is 0. The fraction of sp³-hybridized carbons (Fsp3) is 0.945. The molecular formula is C55H106O6. The highest BCUT2D eigenvalue weighted by Gasteiger charge is 2.19. The molecule has 0 aliphatic rings. The molecule has 0 N–H and O–H groups in total. The molecule has 0 heterocycles. The normalized spacial score (nSPS) is 12.0. The minimum Gasteiger partial charge on any atom is -0.462 e. The van der Waals surface area contributed by atoms with E-state index in [0.717, 1.165) is 69.6 Å². The predicted molar refractivity (Wildman–Crippen MR) is 261 cm³/mol. The smallest absolute Gasteiger partial charge is 0.306 e. The van der Waals surface area contributed by atoms with Crippen molar-refractivity contribution in [3.05, 3.63) is 0 Å². The standard InChI is InChI=1S/C55H106O6/c1-6-7-8-9-10-11-12-19-25-30-35-40-45-53(56)59-48-52(61-55(58)47-42-37-32-27-22-21-24-29-34-39-44-51(4)5)49-60-54(57)46-41-36-31-26-20-17-15-13-14-16-18-23-28-33-38-43-50(2)3/h50-52H,6-49H2,1-5H3/t52-/m1/s1. The Bertz CT molecular complexity index is 931. The fourth-order valence-electron chi connectivity index (χ4n) is 8.34. The summed E-state index contributed by atoms with van der Waals surface area (Å²) in [6, 6.07) is 0. The molecule has 0 aliphatic carbocycles. The van der Waals surface area contributed by atoms with E-state index in [0.29, 0.717) is 19.3 Å². The number of esters is 3. The third-order valence-electron chi connectivity index (χ3n) is 12.5. The van der Waals surface area contributed by atoms with Gasteiger partial charge in [-0.05, 0) is 31.1 Å². The van der Waals surface area contributed by atoms with E-state index in [1.165, 1.54) is 193 Å². The van der Waals surface area contributed by atoms with Gasteiger partial charge in [0, 0.05) is 19.3 Å². The molecule has 6 heteroatoms. The van der Waals surface area contributed by atoms with Crippen molar-refractivity contribution in [1.82, 2.24) is 0 Å². The van der Waals surface area contributed by atoms with Crippen LogP contribution in [0.5, 0.6) is 0 Å². The van der Waals surface area contributed by atoms with Gasteiger partial charge in [-0.1, -0.05) is 266 Å². The van der Waals surface area contributed by atoms with Crippen molar-refractivity contribution < 1.29 is 28.6 Å². The number of hydrogen-bond acceptors (Lipinski definition) is 6. The van der Waals surface area contributed by atoms with Crippen molar-refractivity contribution in [3.63, 3.8) is 0 Å². The first-order valence-electron chi connectivity index (χ1n) is 27.2. The van der Waals surface area contributed by atoms with E-state index < -0.39 is 6.10 Å². The van der Waals surface area contributed by atoms with Gasteiger partial charge in [-0.3, -0.25) is 14.4 Å². The second-order valence-corrected chi connectivity index (χ2v) is 19.8. The van der Waals surface area contributed by atoms with Crippen molar-refractivity contribution in [2.75, 3.05) is 13.2 Å². The van der Waals surface area contributed by atoms with Gasteiger partial charge in [0.15, 0.2) is 6.10 Å². The van der Waals surface area contributed by atoms with Gasteiger partial charge in [0.25, 0.3) is 0 Å². The van der Waals surface area contributed by atoms with Crippen LogP contribution in [-0.4, -0.2) is 37.2 Å². The Hall–Kier alpha value is -1.59. The van der Waals surface area contributed by atoms with Crippen LogP contribution in [0.25, 0.3) is 0 Å². The number of hydrogen-bond donors (Lipinski definition) is 0. The molecule has 6 nitrogen and oxygen atoms in total. The lowest BCUT2D eigenvalue weighted by Gasteiger charge is -2.18. The SMILES string of the molecule is CCCCCCCCCCCCCCC(=O)OC[C@H](COC(=O)CCCCCCCCCCCCCCCCCC(C)C)OC(=O)CCCCCCCCCCCCC(C)C. The first-order chi connectivity index (χ1) is 29.7. The molecule has 0 fully saturated rings. The van der Waals surface area contributed by atoms with Crippen molar-refractivity contribution in [3.8, 4) is 0 Å². The quantitative estimate of drug-likeness (QED) is 0.0344. The summed E-state index contributed by atoms with van der Waals surface area (Å²) in [6.45, 7) is 11.4. The zero-order chi connectivity index (χ0) is 44.7. The maximum atomic E-state index is 12.8. The second-order valence-electron chi connectivity index (χ2n) is 19.8. The van der Waals surface area contributed by atoms with Crippen molar-refractivity contribution >= 4 is 17.9 Å². The van der Waals surface area contributed by atoms with Gasteiger partial charge < -0.3 is 14.2 Å². The molecular weight excluding hydrogens is 757 g/mol. The number of carbonyl (C=O) groups excluding carboxylic acids is 3. The molecule has 0 bridgehead atoms. The third kappa shape index (κ3) is 49.3. The molecule has 0 spiro atoms. The highest BCUT2D eigenvalue weighted by Crippen LogP contribution is 2.18. The monoisotopic (exact) mass is 863 g/mol. The summed E-state index contributed by atoms with van der Waals surface area (Å²) in [4.78, 5) is 38.0. The Morgan fingerprint density at radius 1 is 0.311 bits per heavy atom. The molecule has 0 rings (SSSR count). The van der Waals surface area contributed by atoms with Crippen LogP contribution in [-0.2, 0) is 28.6 Å². The topological polar surface area (TPSA) is 78.9 Å². The lowest BCUT2D eigenvalue weighted by molar-refractivity contribution is -0.167. The van der Waals surface area contributed by atoms with E-state index in [2.05, 4.69) is 34.6 Å². The first-order valence-corrected chi connectivity index (χ1v) is 27.2. The van der Waals surface area contributed by atoms with E-state index in [9.17, 15) is 14.4 Å². The fourth-order valence-corrected chi connectivity index (χ4v) is 8.34. The van der Waals surface area contributed by atoms with Gasteiger partial charge >= 0.3 is 17.9 Å². The van der Waals surface area contributed by atoms with E-state index in [-0.39, 0.29) is 31.1 Å². The van der Waals surface area contributed by atoms with Crippen molar-refractivity contribution in [1.29, 1.82) is 0 Å². The van der Waals surface area contributed by atoms with Crippen LogP contribution in [0.2, 0.25) is 0 Å². The van der Waals surface area contributed by atoms with Gasteiger partial charge in [0.1, 0.15) is 13.2 Å². The van der Waals surface area contributed by atoms with Crippen LogP contribution < -0.4 is 0 Å². The van der Waals surface area contributed by atoms with Gasteiger partial charge in [-0.2, -0.15) is 0 Å². The molecule has 0 aromatic heterocycles. The molecule has 0 amide bonds. The second kappa shape index (κ2) is 47.9. The summed E-state index contributed by atoms with van der Waals surface area (Å²) in [7, 11) is 0. The molecule has 0 saturated carbocycles. The van der Waals surface area contributed by atoms with Crippen LogP contribution in [0.4, 0.5) is 0 Å². The largest absolute Gasteiger partial charge is 0.462 e. The lowest BCUT2D eigenvalue weighted by atomic mass is 10.0. The first kappa shape index (κ1) is 59.4. The third-order valence-corrected chi connectivity index (χ3v) is 12.5. The van der Waals surface area contributed by atoms with Gasteiger partial charge in [0.2, 0.25) is 0 Å². The number of rotatable bonds is 49. The van der Waals surface area contributed by atoms with Crippen LogP contribution in [0.3, 0.4) is 0 Å². The molecule has 0 aliphatic heterocycles. The van der Waals surface area contributed by atoms with Crippen molar-refractivity contribution in [2.24, 2.45) is 11.8 Å². The van der Waals surface area contributed by atoms with E-state index in [1.54, 1.807) is 0 Å². The Kier molecular flexibility index (Phi) is 46.6. The zero-order valence-electron chi connectivity index (χ0n) is 41.8. The van der Waals surface area contributed by atoms with Gasteiger partial charge in [0.05, 0.1) is 0 Å². The predicted octanol–water partition coefficient (Wildman–Crippen LogP) is 17.7. The average Bonchev–Trinajstić information content (AvgIpc) is 3.23. The van der Waals surface area contributed by atoms with E-state index in [4.69, 9.17) is 14.2 Å². The van der Waals surface area contributed by atoms with Gasteiger partial charge in [-0.15, -0.1) is 0 Å². The highest BCUT2D eigenvalue weighted by molar-refractivity contribution is 5.71. The van der Waals surface area contributed by atoms with Crippen LogP contribution >= 0.6 is 0 Å².